The molecule has 0 amide bonds. The zero-order valence-electron chi connectivity index (χ0n) is 8.52. The van der Waals surface area contributed by atoms with Crippen molar-refractivity contribution in [1.82, 2.24) is 0 Å². The fraction of sp³-hybridized carbons (Fsp3) is 0.800. The lowest BCUT2D eigenvalue weighted by molar-refractivity contribution is 0.347. The molecule has 0 atom stereocenters. The molecule has 1 saturated carbocycles. The predicted molar refractivity (Wildman–Crippen MR) is 55.5 cm³/mol. The van der Waals surface area contributed by atoms with Crippen molar-refractivity contribution in [3.8, 4) is 0 Å². The van der Waals surface area contributed by atoms with Gasteiger partial charge in [-0.25, -0.2) is 0 Å². The van der Waals surface area contributed by atoms with Crippen molar-refractivity contribution in [3.05, 3.63) is 12.3 Å². The molecule has 0 aliphatic heterocycles. The molecule has 1 aliphatic rings. The van der Waals surface area contributed by atoms with Crippen LogP contribution in [0, 0.1) is 5.92 Å². The molecule has 0 N–H and O–H groups in total. The van der Waals surface area contributed by atoms with Gasteiger partial charge in [-0.2, -0.15) is 0 Å². The van der Waals surface area contributed by atoms with Gasteiger partial charge in [0.05, 0.1) is 5.76 Å². The van der Waals surface area contributed by atoms with Gasteiger partial charge in [0.2, 0.25) is 8.32 Å². The molecule has 0 aromatic heterocycles. The highest BCUT2D eigenvalue weighted by Gasteiger charge is 2.24. The normalized spacial score (nSPS) is 19.6. The summed E-state index contributed by atoms with van der Waals surface area (Å²) in [6.45, 7) is 10.7. The quantitative estimate of drug-likeness (QED) is 0.481. The molecule has 0 aromatic rings. The SMILES string of the molecule is C=C(O[Si](C)(C)C)C1CCCC1. The average molecular weight is 184 g/mol. The topological polar surface area (TPSA) is 9.23 Å². The first kappa shape index (κ1) is 9.84. The summed E-state index contributed by atoms with van der Waals surface area (Å²) in [5.41, 5.74) is 0. The monoisotopic (exact) mass is 184 g/mol. The lowest BCUT2D eigenvalue weighted by atomic mass is 10.1. The third-order valence-corrected chi connectivity index (χ3v) is 3.12. The van der Waals surface area contributed by atoms with Gasteiger partial charge in [-0.1, -0.05) is 19.4 Å². The first-order valence-corrected chi connectivity index (χ1v) is 8.28. The van der Waals surface area contributed by atoms with Gasteiger partial charge in [0.15, 0.2) is 0 Å². The van der Waals surface area contributed by atoms with Gasteiger partial charge in [0, 0.05) is 5.92 Å². The minimum atomic E-state index is -1.39. The van der Waals surface area contributed by atoms with E-state index in [-0.39, 0.29) is 0 Å². The molecule has 0 aromatic carbocycles. The Labute approximate surface area is 76.9 Å². The molecule has 12 heavy (non-hydrogen) atoms. The number of hydrogen-bond donors (Lipinski definition) is 0. The molecule has 1 rings (SSSR count). The molecule has 70 valence electrons. The summed E-state index contributed by atoms with van der Waals surface area (Å²) in [5, 5.41) is 0. The zero-order chi connectivity index (χ0) is 9.19. The van der Waals surface area contributed by atoms with Crippen LogP contribution in [0.5, 0.6) is 0 Å². The van der Waals surface area contributed by atoms with E-state index in [9.17, 15) is 0 Å². The molecule has 0 heterocycles. The molecule has 0 bridgehead atoms. The fourth-order valence-corrected chi connectivity index (χ4v) is 2.68. The Morgan fingerprint density at radius 3 is 2.17 bits per heavy atom. The van der Waals surface area contributed by atoms with Crippen LogP contribution in [0.25, 0.3) is 0 Å². The zero-order valence-corrected chi connectivity index (χ0v) is 9.52. The molecular formula is C10H20OSi. The van der Waals surface area contributed by atoms with Crippen LogP contribution in [0.3, 0.4) is 0 Å². The van der Waals surface area contributed by atoms with Crippen molar-refractivity contribution in [3.63, 3.8) is 0 Å². The third kappa shape index (κ3) is 3.01. The van der Waals surface area contributed by atoms with Crippen LogP contribution < -0.4 is 0 Å². The van der Waals surface area contributed by atoms with Gasteiger partial charge in [0.25, 0.3) is 0 Å². The Hall–Kier alpha value is -0.243. The van der Waals surface area contributed by atoms with Crippen molar-refractivity contribution in [2.75, 3.05) is 0 Å². The summed E-state index contributed by atoms with van der Waals surface area (Å²) in [4.78, 5) is 0. The molecule has 0 spiro atoms. The molecule has 0 radical (unpaired) electrons. The van der Waals surface area contributed by atoms with Crippen LogP contribution in [0.4, 0.5) is 0 Å². The Morgan fingerprint density at radius 1 is 1.25 bits per heavy atom. The predicted octanol–water partition coefficient (Wildman–Crippen LogP) is 3.54. The number of allylic oxidation sites excluding steroid dienone is 1. The first-order valence-electron chi connectivity index (χ1n) is 4.87. The van der Waals surface area contributed by atoms with E-state index in [1.165, 1.54) is 25.7 Å². The lowest BCUT2D eigenvalue weighted by Crippen LogP contribution is -2.26. The van der Waals surface area contributed by atoms with Gasteiger partial charge in [-0.15, -0.1) is 0 Å². The van der Waals surface area contributed by atoms with Gasteiger partial charge < -0.3 is 4.43 Å². The summed E-state index contributed by atoms with van der Waals surface area (Å²) in [7, 11) is -1.39. The molecule has 0 saturated heterocycles. The van der Waals surface area contributed by atoms with E-state index in [0.717, 1.165) is 5.76 Å². The van der Waals surface area contributed by atoms with Crippen LogP contribution in [0.15, 0.2) is 12.3 Å². The van der Waals surface area contributed by atoms with Crippen LogP contribution in [-0.4, -0.2) is 8.32 Å². The fourth-order valence-electron chi connectivity index (χ4n) is 1.72. The largest absolute Gasteiger partial charge is 0.548 e. The Balaban J connectivity index is 2.37. The van der Waals surface area contributed by atoms with E-state index in [1.54, 1.807) is 0 Å². The summed E-state index contributed by atoms with van der Waals surface area (Å²) >= 11 is 0. The smallest absolute Gasteiger partial charge is 0.241 e. The molecule has 1 nitrogen and oxygen atoms in total. The minimum absolute atomic E-state index is 0.664. The average Bonchev–Trinajstić information content (AvgIpc) is 2.32. The van der Waals surface area contributed by atoms with Crippen LogP contribution in [0.2, 0.25) is 19.6 Å². The highest BCUT2D eigenvalue weighted by atomic mass is 28.4. The van der Waals surface area contributed by atoms with Crippen LogP contribution in [0.1, 0.15) is 25.7 Å². The van der Waals surface area contributed by atoms with Crippen LogP contribution in [-0.2, 0) is 4.43 Å². The van der Waals surface area contributed by atoms with Crippen LogP contribution >= 0.6 is 0 Å². The number of hydrogen-bond acceptors (Lipinski definition) is 1. The standard InChI is InChI=1S/C10H20OSi/c1-9(11-12(2,3)4)10-7-5-6-8-10/h10H,1,5-8H2,2-4H3. The lowest BCUT2D eigenvalue weighted by Gasteiger charge is -2.24. The maximum atomic E-state index is 5.87. The van der Waals surface area contributed by atoms with Gasteiger partial charge in [-0.05, 0) is 32.5 Å². The van der Waals surface area contributed by atoms with Crippen molar-refractivity contribution < 1.29 is 4.43 Å². The van der Waals surface area contributed by atoms with E-state index >= 15 is 0 Å². The van der Waals surface area contributed by atoms with Crippen molar-refractivity contribution in [1.29, 1.82) is 0 Å². The number of rotatable bonds is 3. The van der Waals surface area contributed by atoms with Gasteiger partial charge in [-0.3, -0.25) is 0 Å². The minimum Gasteiger partial charge on any atom is -0.548 e. The van der Waals surface area contributed by atoms with E-state index in [1.807, 2.05) is 0 Å². The molecule has 0 unspecified atom stereocenters. The highest BCUT2D eigenvalue weighted by Crippen LogP contribution is 2.31. The Bertz CT molecular complexity index is 163. The molecule has 2 heteroatoms. The molecule has 1 fully saturated rings. The first-order chi connectivity index (χ1) is 5.49. The highest BCUT2D eigenvalue weighted by molar-refractivity contribution is 6.70. The maximum absolute atomic E-state index is 5.87. The second-order valence-electron chi connectivity index (χ2n) is 4.66. The van der Waals surface area contributed by atoms with Crippen molar-refractivity contribution in [2.45, 2.75) is 45.3 Å². The second kappa shape index (κ2) is 3.65. The Kier molecular flexibility index (Phi) is 2.99. The van der Waals surface area contributed by atoms with E-state index in [4.69, 9.17) is 4.43 Å². The second-order valence-corrected chi connectivity index (χ2v) is 9.09. The molecule has 1 aliphatic carbocycles. The summed E-state index contributed by atoms with van der Waals surface area (Å²) in [5.74, 6) is 1.73. The third-order valence-electron chi connectivity index (χ3n) is 2.25. The van der Waals surface area contributed by atoms with Crippen molar-refractivity contribution in [2.24, 2.45) is 5.92 Å². The molecular weight excluding hydrogens is 164 g/mol. The van der Waals surface area contributed by atoms with E-state index < -0.39 is 8.32 Å². The van der Waals surface area contributed by atoms with Gasteiger partial charge in [0.1, 0.15) is 0 Å². The summed E-state index contributed by atoms with van der Waals surface area (Å²) in [6.07, 6.45) is 5.31. The summed E-state index contributed by atoms with van der Waals surface area (Å²) in [6, 6.07) is 0. The van der Waals surface area contributed by atoms with Gasteiger partial charge >= 0.3 is 0 Å². The van der Waals surface area contributed by atoms with E-state index in [0.29, 0.717) is 5.92 Å². The van der Waals surface area contributed by atoms with E-state index in [2.05, 4.69) is 26.2 Å². The maximum Gasteiger partial charge on any atom is 0.241 e. The van der Waals surface area contributed by atoms with Crippen molar-refractivity contribution >= 4 is 8.32 Å². The Morgan fingerprint density at radius 2 is 1.75 bits per heavy atom. The summed E-state index contributed by atoms with van der Waals surface area (Å²) < 4.78 is 5.87.